The van der Waals surface area contributed by atoms with Gasteiger partial charge in [-0.3, -0.25) is 4.79 Å². The molecule has 3 aromatic heterocycles. The van der Waals surface area contributed by atoms with Crippen LogP contribution in [0.4, 0.5) is 0 Å². The Balaban J connectivity index is 1.39. The van der Waals surface area contributed by atoms with Crippen molar-refractivity contribution < 1.29 is 14.6 Å². The van der Waals surface area contributed by atoms with E-state index < -0.39 is 6.10 Å². The fourth-order valence-corrected chi connectivity index (χ4v) is 5.39. The minimum Gasteiger partial charge on any atom is -0.389 e. The molecule has 5 rings (SSSR count). The van der Waals surface area contributed by atoms with E-state index in [4.69, 9.17) is 4.74 Å². The molecule has 8 heteroatoms. The highest BCUT2D eigenvalue weighted by Crippen LogP contribution is 2.28. The predicted octanol–water partition coefficient (Wildman–Crippen LogP) is 4.20. The van der Waals surface area contributed by atoms with Gasteiger partial charge in [0.2, 0.25) is 0 Å². The third-order valence-corrected chi connectivity index (χ3v) is 7.38. The summed E-state index contributed by atoms with van der Waals surface area (Å²) in [5, 5.41) is 18.1. The number of rotatable bonds is 5. The summed E-state index contributed by atoms with van der Waals surface area (Å²) in [6.07, 6.45) is 0.596. The highest BCUT2D eigenvalue weighted by atomic mass is 32.1. The topological polar surface area (TPSA) is 84.3 Å². The molecule has 1 amide bonds. The van der Waals surface area contributed by atoms with Crippen molar-refractivity contribution in [3.63, 3.8) is 0 Å². The lowest BCUT2D eigenvalue weighted by Crippen LogP contribution is -2.48. The number of nitrogens with zero attached hydrogens (tertiary/aromatic N) is 2. The maximum atomic E-state index is 12.9. The molecule has 4 heterocycles. The monoisotopic (exact) mass is 465 g/mol. The lowest BCUT2D eigenvalue weighted by molar-refractivity contribution is -0.0261. The molecule has 6 nitrogen and oxygen atoms in total. The molecule has 0 radical (unpaired) electrons. The van der Waals surface area contributed by atoms with Crippen LogP contribution in [0.1, 0.15) is 33.0 Å². The van der Waals surface area contributed by atoms with E-state index in [2.05, 4.69) is 44.9 Å². The molecule has 1 aromatic carbocycles. The first kappa shape index (κ1) is 21.2. The second kappa shape index (κ2) is 9.07. The summed E-state index contributed by atoms with van der Waals surface area (Å²) >= 11 is 3.28. The molecule has 0 aliphatic carbocycles. The van der Waals surface area contributed by atoms with Crippen LogP contribution in [-0.4, -0.2) is 46.3 Å². The highest BCUT2D eigenvalue weighted by Gasteiger charge is 2.26. The van der Waals surface area contributed by atoms with Gasteiger partial charge in [-0.2, -0.15) is 0 Å². The van der Waals surface area contributed by atoms with Gasteiger partial charge in [-0.05, 0) is 48.4 Å². The Morgan fingerprint density at radius 3 is 2.81 bits per heavy atom. The molecular weight excluding hydrogens is 442 g/mol. The van der Waals surface area contributed by atoms with E-state index in [1.165, 1.54) is 0 Å². The first-order valence-electron chi connectivity index (χ1n) is 10.5. The van der Waals surface area contributed by atoms with Crippen molar-refractivity contribution in [1.29, 1.82) is 0 Å². The lowest BCUT2D eigenvalue weighted by atomic mass is 10.0. The number of aliphatic hydroxyl groups excluding tert-OH is 1. The molecule has 0 spiro atoms. The SMILES string of the molecule is Cc1nc(-c2ccc(Cc3cc(C(=O)N[C@H]4CCOC[C@@H]4O)nc4ccsc34)cc2)cs1. The molecule has 2 N–H and O–H groups in total. The number of fused-ring (bicyclic) bond motifs is 1. The van der Waals surface area contributed by atoms with Crippen molar-refractivity contribution in [2.24, 2.45) is 0 Å². The van der Waals surface area contributed by atoms with Crippen LogP contribution in [-0.2, 0) is 11.2 Å². The number of ether oxygens (including phenoxy) is 1. The maximum absolute atomic E-state index is 12.9. The van der Waals surface area contributed by atoms with Gasteiger partial charge in [0, 0.05) is 17.6 Å². The minimum absolute atomic E-state index is 0.240. The number of pyridine rings is 1. The van der Waals surface area contributed by atoms with E-state index in [1.807, 2.05) is 24.4 Å². The van der Waals surface area contributed by atoms with E-state index in [1.54, 1.807) is 22.7 Å². The number of carbonyl (C=O) groups is 1. The number of carbonyl (C=O) groups excluding carboxylic acids is 1. The molecule has 32 heavy (non-hydrogen) atoms. The summed E-state index contributed by atoms with van der Waals surface area (Å²) in [7, 11) is 0. The summed E-state index contributed by atoms with van der Waals surface area (Å²) in [4.78, 5) is 22.0. The molecule has 1 aliphatic heterocycles. The molecule has 4 aromatic rings. The molecule has 2 atom stereocenters. The van der Waals surface area contributed by atoms with Crippen molar-refractivity contribution in [2.75, 3.05) is 13.2 Å². The Labute approximate surface area is 193 Å². The third-order valence-electron chi connectivity index (χ3n) is 5.63. The Morgan fingerprint density at radius 2 is 2.06 bits per heavy atom. The Bertz CT molecular complexity index is 1250. The van der Waals surface area contributed by atoms with Crippen LogP contribution < -0.4 is 5.32 Å². The van der Waals surface area contributed by atoms with Gasteiger partial charge in [0.25, 0.3) is 5.91 Å². The zero-order valence-corrected chi connectivity index (χ0v) is 19.2. The quantitative estimate of drug-likeness (QED) is 0.462. The van der Waals surface area contributed by atoms with Gasteiger partial charge >= 0.3 is 0 Å². The minimum atomic E-state index is -0.697. The van der Waals surface area contributed by atoms with Gasteiger partial charge in [0.1, 0.15) is 5.69 Å². The molecule has 0 saturated carbocycles. The molecule has 1 fully saturated rings. The second-order valence-electron chi connectivity index (χ2n) is 7.94. The number of aliphatic hydroxyl groups is 1. The number of thiophene rings is 1. The zero-order chi connectivity index (χ0) is 22.1. The number of benzene rings is 1. The predicted molar refractivity (Wildman–Crippen MR) is 127 cm³/mol. The van der Waals surface area contributed by atoms with Crippen LogP contribution >= 0.6 is 22.7 Å². The first-order chi connectivity index (χ1) is 15.6. The van der Waals surface area contributed by atoms with Crippen LogP contribution in [0.5, 0.6) is 0 Å². The zero-order valence-electron chi connectivity index (χ0n) is 17.6. The first-order valence-corrected chi connectivity index (χ1v) is 12.3. The second-order valence-corrected chi connectivity index (χ2v) is 9.92. The van der Waals surface area contributed by atoms with Crippen molar-refractivity contribution in [3.05, 3.63) is 69.0 Å². The highest BCUT2D eigenvalue weighted by molar-refractivity contribution is 7.17. The smallest absolute Gasteiger partial charge is 0.270 e. The van der Waals surface area contributed by atoms with Crippen molar-refractivity contribution in [3.8, 4) is 11.3 Å². The molecule has 164 valence electrons. The van der Waals surface area contributed by atoms with E-state index >= 15 is 0 Å². The molecule has 0 bridgehead atoms. The normalized spacial score (nSPS) is 18.7. The van der Waals surface area contributed by atoms with Gasteiger partial charge in [-0.25, -0.2) is 9.97 Å². The number of aryl methyl sites for hydroxylation is 1. The van der Waals surface area contributed by atoms with Gasteiger partial charge in [0.05, 0.1) is 39.7 Å². The summed E-state index contributed by atoms with van der Waals surface area (Å²) < 4.78 is 6.34. The number of nitrogens with one attached hydrogen (secondary N) is 1. The van der Waals surface area contributed by atoms with Crippen LogP contribution in [0.15, 0.2) is 47.2 Å². The number of hydrogen-bond acceptors (Lipinski definition) is 7. The van der Waals surface area contributed by atoms with E-state index in [0.717, 1.165) is 37.6 Å². The molecule has 1 aliphatic rings. The fraction of sp³-hybridized carbons (Fsp3) is 0.292. The van der Waals surface area contributed by atoms with Crippen molar-refractivity contribution in [2.45, 2.75) is 31.9 Å². The average Bonchev–Trinajstić information content (AvgIpc) is 3.45. The number of hydrogen-bond donors (Lipinski definition) is 2. The third kappa shape index (κ3) is 4.45. The average molecular weight is 466 g/mol. The largest absolute Gasteiger partial charge is 0.389 e. The van der Waals surface area contributed by atoms with Gasteiger partial charge in [-0.15, -0.1) is 22.7 Å². The summed E-state index contributed by atoms with van der Waals surface area (Å²) in [6, 6.07) is 11.9. The standard InChI is InChI=1S/C24H23N3O3S2/c1-14-25-21(13-32-14)16-4-2-15(3-5-16)10-17-11-20(26-19-7-9-31-23(17)19)24(29)27-18-6-8-30-12-22(18)28/h2-5,7,9,11,13,18,22,28H,6,8,10,12H2,1H3,(H,27,29)/t18-,22-/m0/s1. The van der Waals surface area contributed by atoms with Crippen LogP contribution in [0, 0.1) is 6.92 Å². The molecule has 0 unspecified atom stereocenters. The fourth-order valence-electron chi connectivity index (χ4n) is 3.91. The van der Waals surface area contributed by atoms with Crippen LogP contribution in [0.3, 0.4) is 0 Å². The molecule has 1 saturated heterocycles. The molecular formula is C24H23N3O3S2. The number of amides is 1. The number of thiazole rings is 1. The van der Waals surface area contributed by atoms with E-state index in [9.17, 15) is 9.90 Å². The maximum Gasteiger partial charge on any atom is 0.270 e. The van der Waals surface area contributed by atoms with Crippen molar-refractivity contribution in [1.82, 2.24) is 15.3 Å². The van der Waals surface area contributed by atoms with Gasteiger partial charge in [0.15, 0.2) is 0 Å². The summed E-state index contributed by atoms with van der Waals surface area (Å²) in [6.45, 7) is 2.78. The Kier molecular flexibility index (Phi) is 6.01. The van der Waals surface area contributed by atoms with Gasteiger partial charge < -0.3 is 15.2 Å². The Hall–Kier alpha value is -2.65. The van der Waals surface area contributed by atoms with E-state index in [-0.39, 0.29) is 18.6 Å². The summed E-state index contributed by atoms with van der Waals surface area (Å²) in [5.74, 6) is -0.264. The lowest BCUT2D eigenvalue weighted by Gasteiger charge is -2.28. The van der Waals surface area contributed by atoms with Crippen LogP contribution in [0.2, 0.25) is 0 Å². The Morgan fingerprint density at radius 1 is 1.22 bits per heavy atom. The number of aromatic nitrogens is 2. The van der Waals surface area contributed by atoms with Crippen LogP contribution in [0.25, 0.3) is 21.5 Å². The van der Waals surface area contributed by atoms with Gasteiger partial charge in [-0.1, -0.05) is 24.3 Å². The summed E-state index contributed by atoms with van der Waals surface area (Å²) in [5.41, 5.74) is 5.52. The van der Waals surface area contributed by atoms with Crippen molar-refractivity contribution >= 4 is 38.8 Å². The van der Waals surface area contributed by atoms with E-state index in [0.29, 0.717) is 25.1 Å².